The molecule has 1 heterocycles. The molecular formula is C26H32N2O2S. The quantitative estimate of drug-likeness (QED) is 0.539. The highest BCUT2D eigenvalue weighted by atomic mass is 32.2. The lowest BCUT2D eigenvalue weighted by atomic mass is 9.99. The van der Waals surface area contributed by atoms with Crippen molar-refractivity contribution in [2.24, 2.45) is 5.92 Å². The van der Waals surface area contributed by atoms with Crippen LogP contribution in [0.2, 0.25) is 0 Å². The Morgan fingerprint density at radius 1 is 1.10 bits per heavy atom. The van der Waals surface area contributed by atoms with Crippen LogP contribution >= 0.6 is 11.8 Å². The van der Waals surface area contributed by atoms with E-state index in [0.29, 0.717) is 24.0 Å². The molecule has 31 heavy (non-hydrogen) atoms. The average molecular weight is 437 g/mol. The molecule has 1 saturated heterocycles. The maximum absolute atomic E-state index is 12.9. The molecule has 0 bridgehead atoms. The summed E-state index contributed by atoms with van der Waals surface area (Å²) in [5.41, 5.74) is 3.95. The van der Waals surface area contributed by atoms with E-state index in [1.807, 2.05) is 47.4 Å². The summed E-state index contributed by atoms with van der Waals surface area (Å²) < 4.78 is 0. The highest BCUT2D eigenvalue weighted by Crippen LogP contribution is 2.46. The number of rotatable bonds is 7. The Morgan fingerprint density at radius 2 is 1.81 bits per heavy atom. The van der Waals surface area contributed by atoms with Crippen molar-refractivity contribution in [2.45, 2.75) is 63.7 Å². The number of carbonyl (C=O) groups excluding carboxylic acids is 2. The maximum atomic E-state index is 12.9. The first-order valence-electron chi connectivity index (χ1n) is 11.5. The molecule has 4 nitrogen and oxygen atoms in total. The van der Waals surface area contributed by atoms with Crippen LogP contribution in [-0.2, 0) is 9.59 Å². The van der Waals surface area contributed by atoms with Gasteiger partial charge in [0.2, 0.25) is 11.8 Å². The molecule has 5 heteroatoms. The first-order valence-corrected chi connectivity index (χ1v) is 12.5. The van der Waals surface area contributed by atoms with E-state index >= 15 is 0 Å². The van der Waals surface area contributed by atoms with Gasteiger partial charge in [-0.15, -0.1) is 11.8 Å². The minimum atomic E-state index is -0.140. The van der Waals surface area contributed by atoms with E-state index in [0.717, 1.165) is 23.4 Å². The number of hydrogen-bond donors (Lipinski definition) is 1. The molecule has 2 amide bonds. The summed E-state index contributed by atoms with van der Waals surface area (Å²) >= 11 is 1.63. The molecule has 1 aliphatic heterocycles. The second-order valence-corrected chi connectivity index (χ2v) is 10.0. The van der Waals surface area contributed by atoms with E-state index in [4.69, 9.17) is 0 Å². The van der Waals surface area contributed by atoms with Gasteiger partial charge < -0.3 is 5.32 Å². The van der Waals surface area contributed by atoms with Crippen molar-refractivity contribution >= 4 is 35.0 Å². The van der Waals surface area contributed by atoms with Crippen molar-refractivity contribution in [3.05, 3.63) is 59.7 Å². The van der Waals surface area contributed by atoms with Crippen molar-refractivity contribution in [3.8, 4) is 0 Å². The molecule has 1 N–H and O–H groups in total. The summed E-state index contributed by atoms with van der Waals surface area (Å²) in [4.78, 5) is 27.6. The van der Waals surface area contributed by atoms with Gasteiger partial charge in [0.1, 0.15) is 5.37 Å². The lowest BCUT2D eigenvalue weighted by molar-refractivity contribution is -0.117. The van der Waals surface area contributed by atoms with Crippen LogP contribution in [0.15, 0.2) is 48.5 Å². The van der Waals surface area contributed by atoms with Gasteiger partial charge in [-0.25, -0.2) is 0 Å². The van der Waals surface area contributed by atoms with Gasteiger partial charge in [0.05, 0.1) is 5.75 Å². The Hall–Kier alpha value is -2.27. The number of para-hydroxylation sites is 2. The number of hydrogen-bond acceptors (Lipinski definition) is 3. The molecule has 4 rings (SSSR count). The first-order chi connectivity index (χ1) is 15.0. The van der Waals surface area contributed by atoms with Crippen LogP contribution < -0.4 is 10.2 Å². The zero-order valence-corrected chi connectivity index (χ0v) is 19.3. The number of amides is 2. The Kier molecular flexibility index (Phi) is 7.01. The molecule has 1 aliphatic carbocycles. The SMILES string of the molecule is CC(C)c1ccccc1N1C(=O)CSC1c1ccccc1NC(=O)CCC1CCCC1. The Balaban J connectivity index is 1.56. The van der Waals surface area contributed by atoms with Gasteiger partial charge >= 0.3 is 0 Å². The van der Waals surface area contributed by atoms with Crippen LogP contribution in [0.1, 0.15) is 74.8 Å². The van der Waals surface area contributed by atoms with Crippen molar-refractivity contribution < 1.29 is 9.59 Å². The second kappa shape index (κ2) is 9.90. The van der Waals surface area contributed by atoms with E-state index < -0.39 is 0 Å². The van der Waals surface area contributed by atoms with Crippen LogP contribution in [0.3, 0.4) is 0 Å². The van der Waals surface area contributed by atoms with Gasteiger partial charge in [-0.05, 0) is 36.0 Å². The number of nitrogens with zero attached hydrogens (tertiary/aromatic N) is 1. The van der Waals surface area contributed by atoms with Crippen LogP contribution in [0.5, 0.6) is 0 Å². The van der Waals surface area contributed by atoms with Crippen molar-refractivity contribution in [1.82, 2.24) is 0 Å². The Bertz CT molecular complexity index is 937. The van der Waals surface area contributed by atoms with Crippen LogP contribution in [0.4, 0.5) is 11.4 Å². The van der Waals surface area contributed by atoms with Crippen LogP contribution in [0, 0.1) is 5.92 Å². The van der Waals surface area contributed by atoms with E-state index in [1.54, 1.807) is 11.8 Å². The molecule has 2 fully saturated rings. The predicted octanol–water partition coefficient (Wildman–Crippen LogP) is 6.50. The molecule has 0 aromatic heterocycles. The molecule has 2 aromatic carbocycles. The smallest absolute Gasteiger partial charge is 0.238 e. The van der Waals surface area contributed by atoms with Crippen LogP contribution in [-0.4, -0.2) is 17.6 Å². The van der Waals surface area contributed by atoms with Crippen molar-refractivity contribution in [3.63, 3.8) is 0 Å². The average Bonchev–Trinajstić information content (AvgIpc) is 3.42. The third kappa shape index (κ3) is 4.98. The summed E-state index contributed by atoms with van der Waals surface area (Å²) in [7, 11) is 0. The summed E-state index contributed by atoms with van der Waals surface area (Å²) in [5, 5.41) is 3.01. The third-order valence-corrected chi connectivity index (χ3v) is 7.64. The molecule has 164 valence electrons. The Labute approximate surface area is 189 Å². The minimum absolute atomic E-state index is 0.0720. The standard InChI is InChI=1S/C26H32N2O2S/c1-18(2)20-11-6-8-14-23(20)28-25(30)17-31-26(28)21-12-5-7-13-22(21)27-24(29)16-15-19-9-3-4-10-19/h5-8,11-14,18-19,26H,3-4,9-10,15-17H2,1-2H3,(H,27,29). The van der Waals surface area contributed by atoms with Gasteiger partial charge in [-0.3, -0.25) is 14.5 Å². The number of benzene rings is 2. The van der Waals surface area contributed by atoms with E-state index in [1.165, 1.54) is 31.2 Å². The number of carbonyl (C=O) groups is 2. The van der Waals surface area contributed by atoms with E-state index in [9.17, 15) is 9.59 Å². The zero-order chi connectivity index (χ0) is 21.8. The second-order valence-electron chi connectivity index (χ2n) is 8.97. The Morgan fingerprint density at radius 3 is 2.58 bits per heavy atom. The topological polar surface area (TPSA) is 49.4 Å². The molecule has 0 radical (unpaired) electrons. The molecular weight excluding hydrogens is 404 g/mol. The molecule has 1 saturated carbocycles. The van der Waals surface area contributed by atoms with Gasteiger partial charge in [-0.1, -0.05) is 75.9 Å². The number of thioether (sulfide) groups is 1. The van der Waals surface area contributed by atoms with Crippen LogP contribution in [0.25, 0.3) is 0 Å². The first kappa shape index (κ1) is 21.9. The highest BCUT2D eigenvalue weighted by Gasteiger charge is 2.36. The molecule has 0 spiro atoms. The number of anilines is 2. The molecule has 1 unspecified atom stereocenters. The fraction of sp³-hybridized carbons (Fsp3) is 0.462. The molecule has 2 aromatic rings. The van der Waals surface area contributed by atoms with Crippen molar-refractivity contribution in [1.29, 1.82) is 0 Å². The zero-order valence-electron chi connectivity index (χ0n) is 18.5. The van der Waals surface area contributed by atoms with Gasteiger partial charge in [0.15, 0.2) is 0 Å². The fourth-order valence-electron chi connectivity index (χ4n) is 4.78. The fourth-order valence-corrected chi connectivity index (χ4v) is 5.99. The molecule has 1 atom stereocenters. The highest BCUT2D eigenvalue weighted by molar-refractivity contribution is 8.00. The maximum Gasteiger partial charge on any atom is 0.238 e. The summed E-state index contributed by atoms with van der Waals surface area (Å²) in [5.74, 6) is 1.65. The largest absolute Gasteiger partial charge is 0.326 e. The lowest BCUT2D eigenvalue weighted by Gasteiger charge is -2.29. The van der Waals surface area contributed by atoms with Gasteiger partial charge in [0.25, 0.3) is 0 Å². The van der Waals surface area contributed by atoms with Crippen molar-refractivity contribution in [2.75, 3.05) is 16.0 Å². The minimum Gasteiger partial charge on any atom is -0.326 e. The summed E-state index contributed by atoms with van der Waals surface area (Å²) in [6.07, 6.45) is 6.66. The van der Waals surface area contributed by atoms with Gasteiger partial charge in [0, 0.05) is 23.4 Å². The van der Waals surface area contributed by atoms with E-state index in [2.05, 4.69) is 25.2 Å². The van der Waals surface area contributed by atoms with E-state index in [-0.39, 0.29) is 17.2 Å². The summed E-state index contributed by atoms with van der Waals surface area (Å²) in [6, 6.07) is 16.1. The normalized spacial score (nSPS) is 19.4. The van der Waals surface area contributed by atoms with Gasteiger partial charge in [-0.2, -0.15) is 0 Å². The number of nitrogens with one attached hydrogen (secondary N) is 1. The monoisotopic (exact) mass is 436 g/mol. The third-order valence-electron chi connectivity index (χ3n) is 6.44. The summed E-state index contributed by atoms with van der Waals surface area (Å²) in [6.45, 7) is 4.31. The molecule has 2 aliphatic rings. The lowest BCUT2D eigenvalue weighted by Crippen LogP contribution is -2.29. The predicted molar refractivity (Wildman–Crippen MR) is 129 cm³/mol.